The minimum atomic E-state index is -0.143. The number of hydrogen-bond acceptors (Lipinski definition) is 6. The number of carbonyl (C=O) groups is 1. The van der Waals surface area contributed by atoms with Gasteiger partial charge in [0, 0.05) is 49.1 Å². The van der Waals surface area contributed by atoms with Crippen molar-refractivity contribution >= 4 is 28.4 Å². The molecule has 3 aromatic heterocycles. The maximum atomic E-state index is 12.4. The van der Waals surface area contributed by atoms with Crippen molar-refractivity contribution in [1.82, 2.24) is 20.3 Å². The van der Waals surface area contributed by atoms with E-state index < -0.39 is 0 Å². The summed E-state index contributed by atoms with van der Waals surface area (Å²) in [6.07, 6.45) is 9.32. The van der Waals surface area contributed by atoms with Gasteiger partial charge in [0.15, 0.2) is 0 Å². The molecule has 2 fully saturated rings. The van der Waals surface area contributed by atoms with Crippen LogP contribution in [0.25, 0.3) is 11.0 Å². The molecule has 3 atom stereocenters. The van der Waals surface area contributed by atoms with Gasteiger partial charge in [-0.1, -0.05) is 0 Å². The summed E-state index contributed by atoms with van der Waals surface area (Å²) in [5.41, 5.74) is 2.76. The number of nitriles is 1. The van der Waals surface area contributed by atoms with E-state index in [1.807, 2.05) is 24.4 Å². The van der Waals surface area contributed by atoms with Gasteiger partial charge in [0.25, 0.3) is 5.91 Å². The van der Waals surface area contributed by atoms with Gasteiger partial charge in [-0.2, -0.15) is 5.26 Å². The highest BCUT2D eigenvalue weighted by atomic mass is 16.1. The summed E-state index contributed by atoms with van der Waals surface area (Å²) >= 11 is 0. The van der Waals surface area contributed by atoms with Crippen LogP contribution in [0.3, 0.4) is 0 Å². The molecule has 2 aliphatic rings. The molecule has 2 bridgehead atoms. The van der Waals surface area contributed by atoms with Crippen LogP contribution in [0, 0.1) is 11.3 Å². The Morgan fingerprint density at radius 3 is 2.67 bits per heavy atom. The fourth-order valence-electron chi connectivity index (χ4n) is 4.95. The standard InChI is InChI=1S/C22H23N7O/c1-24-22(30)18-12-27-21-17(6-7-25-21)20(18)28-14-8-15-3-4-16(9-14)29(15)19-5-2-13(10-23)11-26-19/h2,5-7,11-12,14-16H,3-4,8-9H2,1H3,(H,24,30)(H2,25,27,28)/t14-,15-,16+. The van der Waals surface area contributed by atoms with E-state index in [1.54, 1.807) is 19.4 Å². The topological polar surface area (TPSA) is 110 Å². The number of amides is 1. The quantitative estimate of drug-likeness (QED) is 0.620. The summed E-state index contributed by atoms with van der Waals surface area (Å²) in [5.74, 6) is 0.804. The Hall–Kier alpha value is -3.60. The molecular weight excluding hydrogens is 378 g/mol. The van der Waals surface area contributed by atoms with Crippen LogP contribution in [0.4, 0.5) is 11.5 Å². The lowest BCUT2D eigenvalue weighted by molar-refractivity contribution is 0.0963. The summed E-state index contributed by atoms with van der Waals surface area (Å²) in [5, 5.41) is 16.3. The smallest absolute Gasteiger partial charge is 0.254 e. The molecule has 0 saturated carbocycles. The largest absolute Gasteiger partial charge is 0.381 e. The second-order valence-corrected chi connectivity index (χ2v) is 7.99. The van der Waals surface area contributed by atoms with Crippen LogP contribution in [0.1, 0.15) is 41.6 Å². The lowest BCUT2D eigenvalue weighted by atomic mass is 9.96. The highest BCUT2D eigenvalue weighted by Gasteiger charge is 2.41. The van der Waals surface area contributed by atoms with Gasteiger partial charge in [0.1, 0.15) is 17.5 Å². The van der Waals surface area contributed by atoms with E-state index in [-0.39, 0.29) is 11.9 Å². The molecule has 0 radical (unpaired) electrons. The monoisotopic (exact) mass is 401 g/mol. The minimum absolute atomic E-state index is 0.143. The van der Waals surface area contributed by atoms with E-state index >= 15 is 0 Å². The number of hydrogen-bond donors (Lipinski definition) is 3. The van der Waals surface area contributed by atoms with Gasteiger partial charge in [-0.15, -0.1) is 0 Å². The van der Waals surface area contributed by atoms with Crippen molar-refractivity contribution in [2.24, 2.45) is 0 Å². The van der Waals surface area contributed by atoms with Crippen LogP contribution >= 0.6 is 0 Å². The molecule has 152 valence electrons. The van der Waals surface area contributed by atoms with E-state index in [0.29, 0.717) is 23.2 Å². The highest BCUT2D eigenvalue weighted by Crippen LogP contribution is 2.40. The van der Waals surface area contributed by atoms with E-state index in [0.717, 1.165) is 48.2 Å². The molecule has 5 heterocycles. The zero-order valence-corrected chi connectivity index (χ0v) is 16.7. The first-order valence-corrected chi connectivity index (χ1v) is 10.3. The van der Waals surface area contributed by atoms with Gasteiger partial charge in [-0.3, -0.25) is 4.79 Å². The molecule has 8 nitrogen and oxygen atoms in total. The molecule has 1 amide bonds. The van der Waals surface area contributed by atoms with Gasteiger partial charge in [-0.25, -0.2) is 9.97 Å². The minimum Gasteiger partial charge on any atom is -0.381 e. The number of carbonyl (C=O) groups excluding carboxylic acids is 1. The third kappa shape index (κ3) is 3.03. The molecule has 8 heteroatoms. The molecule has 0 aromatic carbocycles. The Morgan fingerprint density at radius 2 is 2.00 bits per heavy atom. The van der Waals surface area contributed by atoms with Crippen molar-refractivity contribution in [3.8, 4) is 6.07 Å². The number of pyridine rings is 2. The number of nitrogens with zero attached hydrogens (tertiary/aromatic N) is 4. The molecule has 2 aliphatic heterocycles. The van der Waals surface area contributed by atoms with Crippen molar-refractivity contribution in [3.05, 3.63) is 47.9 Å². The fraction of sp³-hybridized carbons (Fsp3) is 0.364. The predicted octanol–water partition coefficient (Wildman–Crippen LogP) is 2.80. The number of anilines is 2. The lowest BCUT2D eigenvalue weighted by Crippen LogP contribution is -2.47. The number of aromatic amines is 1. The highest BCUT2D eigenvalue weighted by molar-refractivity contribution is 6.06. The second-order valence-electron chi connectivity index (χ2n) is 7.99. The maximum Gasteiger partial charge on any atom is 0.254 e. The molecule has 0 unspecified atom stereocenters. The van der Waals surface area contributed by atoms with Crippen molar-refractivity contribution in [3.63, 3.8) is 0 Å². The average Bonchev–Trinajstić information content (AvgIpc) is 3.36. The zero-order valence-electron chi connectivity index (χ0n) is 16.7. The van der Waals surface area contributed by atoms with Gasteiger partial charge in [0.2, 0.25) is 0 Å². The van der Waals surface area contributed by atoms with E-state index in [2.05, 4.69) is 36.6 Å². The number of aromatic nitrogens is 3. The van der Waals surface area contributed by atoms with Crippen molar-refractivity contribution < 1.29 is 4.79 Å². The van der Waals surface area contributed by atoms with E-state index in [9.17, 15) is 4.79 Å². The number of piperidine rings is 1. The van der Waals surface area contributed by atoms with Gasteiger partial charge in [0.05, 0.1) is 16.8 Å². The first-order chi connectivity index (χ1) is 14.7. The Kier molecular flexibility index (Phi) is 4.51. The van der Waals surface area contributed by atoms with Crippen LogP contribution in [0.5, 0.6) is 0 Å². The number of fused-ring (bicyclic) bond motifs is 3. The Morgan fingerprint density at radius 1 is 1.20 bits per heavy atom. The van der Waals surface area contributed by atoms with Crippen molar-refractivity contribution in [2.45, 2.75) is 43.8 Å². The summed E-state index contributed by atoms with van der Waals surface area (Å²) in [4.78, 5) is 26.9. The van der Waals surface area contributed by atoms with E-state index in [4.69, 9.17) is 5.26 Å². The summed E-state index contributed by atoms with van der Waals surface area (Å²) in [7, 11) is 1.64. The normalized spacial score (nSPS) is 22.7. The molecule has 0 aliphatic carbocycles. The van der Waals surface area contributed by atoms with Crippen LogP contribution in [0.2, 0.25) is 0 Å². The Labute approximate surface area is 174 Å². The van der Waals surface area contributed by atoms with Crippen molar-refractivity contribution in [1.29, 1.82) is 5.26 Å². The maximum absolute atomic E-state index is 12.4. The first-order valence-electron chi connectivity index (χ1n) is 10.3. The molecule has 0 spiro atoms. The molecule has 3 N–H and O–H groups in total. The van der Waals surface area contributed by atoms with Crippen LogP contribution < -0.4 is 15.5 Å². The molecule has 30 heavy (non-hydrogen) atoms. The Balaban J connectivity index is 1.40. The molecule has 2 saturated heterocycles. The van der Waals surface area contributed by atoms with Crippen LogP contribution in [-0.2, 0) is 0 Å². The lowest BCUT2D eigenvalue weighted by Gasteiger charge is -2.40. The summed E-state index contributed by atoms with van der Waals surface area (Å²) in [6, 6.07) is 8.93. The molecule has 5 rings (SSSR count). The first kappa shape index (κ1) is 18.4. The van der Waals surface area contributed by atoms with Gasteiger partial charge in [-0.05, 0) is 43.9 Å². The Bertz CT molecular complexity index is 1120. The number of nitrogens with one attached hydrogen (secondary N) is 3. The predicted molar refractivity (Wildman–Crippen MR) is 114 cm³/mol. The zero-order chi connectivity index (χ0) is 20.7. The summed E-state index contributed by atoms with van der Waals surface area (Å²) in [6.45, 7) is 0. The van der Waals surface area contributed by atoms with Gasteiger partial charge >= 0.3 is 0 Å². The van der Waals surface area contributed by atoms with Crippen LogP contribution in [0.15, 0.2) is 36.8 Å². The van der Waals surface area contributed by atoms with E-state index in [1.165, 1.54) is 0 Å². The molecular formula is C22H23N7O. The van der Waals surface area contributed by atoms with Crippen molar-refractivity contribution in [2.75, 3.05) is 17.3 Å². The fourth-order valence-corrected chi connectivity index (χ4v) is 4.95. The van der Waals surface area contributed by atoms with Gasteiger partial charge < -0.3 is 20.5 Å². The summed E-state index contributed by atoms with van der Waals surface area (Å²) < 4.78 is 0. The second kappa shape index (κ2) is 7.34. The third-order valence-corrected chi connectivity index (χ3v) is 6.28. The number of rotatable bonds is 4. The third-order valence-electron chi connectivity index (χ3n) is 6.28. The molecule has 3 aromatic rings. The van der Waals surface area contributed by atoms with Crippen LogP contribution in [-0.4, -0.2) is 46.0 Å². The number of H-pyrrole nitrogens is 1. The SMILES string of the molecule is CNC(=O)c1cnc2[nH]ccc2c1N[C@@H]1C[C@H]2CC[C@@H](C1)N2c1ccc(C#N)cn1. The average molecular weight is 401 g/mol.